The third-order valence-corrected chi connectivity index (χ3v) is 1.53. The summed E-state index contributed by atoms with van der Waals surface area (Å²) in [6.45, 7) is 3.47. The standard InChI is InChI=1S/C5H15NSi/c1-2-3-4-5-6-7/h6H,2-5H2,1,7H3. The van der Waals surface area contributed by atoms with Crippen LogP contribution >= 0.6 is 0 Å². The molecule has 0 amide bonds. The van der Waals surface area contributed by atoms with E-state index in [9.17, 15) is 0 Å². The average Bonchev–Trinajstić information content (AvgIpc) is 1.69. The Balaban J connectivity index is 2.45. The Morgan fingerprint density at radius 1 is 1.43 bits per heavy atom. The molecule has 0 aromatic carbocycles. The predicted octanol–water partition coefficient (Wildman–Crippen LogP) is 0.0466. The molecule has 2 heteroatoms. The lowest BCUT2D eigenvalue weighted by Crippen LogP contribution is -2.08. The highest BCUT2D eigenvalue weighted by atomic mass is 28.2. The summed E-state index contributed by atoms with van der Waals surface area (Å²) in [5, 5.41) is 0. The number of hydrogen-bond acceptors (Lipinski definition) is 1. The minimum absolute atomic E-state index is 1.16. The highest BCUT2D eigenvalue weighted by Crippen LogP contribution is 1.89. The van der Waals surface area contributed by atoms with E-state index in [-0.39, 0.29) is 0 Å². The van der Waals surface area contributed by atoms with Gasteiger partial charge in [0.15, 0.2) is 0 Å². The van der Waals surface area contributed by atoms with Gasteiger partial charge >= 0.3 is 0 Å². The molecule has 0 atom stereocenters. The van der Waals surface area contributed by atoms with Crippen LogP contribution in [0.2, 0.25) is 0 Å². The van der Waals surface area contributed by atoms with Gasteiger partial charge in [0, 0.05) is 0 Å². The third-order valence-electron chi connectivity index (χ3n) is 1.03. The summed E-state index contributed by atoms with van der Waals surface area (Å²) in [7, 11) is 1.16. The predicted molar refractivity (Wildman–Crippen MR) is 37.5 cm³/mol. The zero-order valence-corrected chi connectivity index (χ0v) is 7.33. The monoisotopic (exact) mass is 117 g/mol. The van der Waals surface area contributed by atoms with Gasteiger partial charge in [0.2, 0.25) is 0 Å². The summed E-state index contributed by atoms with van der Waals surface area (Å²) in [4.78, 5) is 3.24. The SMILES string of the molecule is CCCCCN[SiH3]. The second-order valence-electron chi connectivity index (χ2n) is 1.81. The van der Waals surface area contributed by atoms with E-state index < -0.39 is 0 Å². The highest BCUT2D eigenvalue weighted by molar-refractivity contribution is 6.04. The minimum atomic E-state index is 1.16. The first-order chi connectivity index (χ1) is 3.41. The zero-order valence-electron chi connectivity index (χ0n) is 5.33. The molecule has 0 aliphatic carbocycles. The second kappa shape index (κ2) is 6.18. The Morgan fingerprint density at radius 2 is 2.14 bits per heavy atom. The fourth-order valence-corrected chi connectivity index (χ4v) is 0.905. The molecule has 1 nitrogen and oxygen atoms in total. The molecule has 0 bridgehead atoms. The van der Waals surface area contributed by atoms with Crippen molar-refractivity contribution in [1.82, 2.24) is 4.98 Å². The molecule has 0 aromatic rings. The molecule has 0 aromatic heterocycles. The molecule has 0 fully saturated rings. The molecule has 44 valence electrons. The van der Waals surface area contributed by atoms with Crippen LogP contribution in [0.5, 0.6) is 0 Å². The van der Waals surface area contributed by atoms with Crippen LogP contribution in [0.15, 0.2) is 0 Å². The van der Waals surface area contributed by atoms with Crippen molar-refractivity contribution in [3.8, 4) is 0 Å². The van der Waals surface area contributed by atoms with Crippen molar-refractivity contribution in [1.29, 1.82) is 0 Å². The first-order valence-corrected chi connectivity index (χ1v) is 4.06. The van der Waals surface area contributed by atoms with Crippen LogP contribution in [0.25, 0.3) is 0 Å². The zero-order chi connectivity index (χ0) is 5.54. The molecule has 0 aliphatic heterocycles. The topological polar surface area (TPSA) is 12.0 Å². The van der Waals surface area contributed by atoms with Gasteiger partial charge < -0.3 is 4.98 Å². The summed E-state index contributed by atoms with van der Waals surface area (Å²) in [5.41, 5.74) is 0. The van der Waals surface area contributed by atoms with Gasteiger partial charge in [-0.2, -0.15) is 0 Å². The van der Waals surface area contributed by atoms with Crippen LogP contribution in [-0.4, -0.2) is 16.9 Å². The van der Waals surface area contributed by atoms with Crippen molar-refractivity contribution < 1.29 is 0 Å². The maximum Gasteiger partial charge on any atom is 0.0749 e. The largest absolute Gasteiger partial charge is 0.345 e. The van der Waals surface area contributed by atoms with Crippen LogP contribution in [0.3, 0.4) is 0 Å². The van der Waals surface area contributed by atoms with Gasteiger partial charge in [-0.05, 0) is 13.0 Å². The minimum Gasteiger partial charge on any atom is -0.345 e. The molecule has 1 N–H and O–H groups in total. The Morgan fingerprint density at radius 3 is 2.57 bits per heavy atom. The Labute approximate surface area is 49.0 Å². The summed E-state index contributed by atoms with van der Waals surface area (Å²) in [5.74, 6) is 0. The molecule has 7 heavy (non-hydrogen) atoms. The fraction of sp³-hybridized carbons (Fsp3) is 1.00. The molecule has 0 rings (SSSR count). The molecular weight excluding hydrogens is 102 g/mol. The van der Waals surface area contributed by atoms with Crippen LogP contribution < -0.4 is 4.98 Å². The normalized spacial score (nSPS) is 9.86. The molecular formula is C5H15NSi. The van der Waals surface area contributed by atoms with E-state index in [1.165, 1.54) is 25.8 Å². The summed E-state index contributed by atoms with van der Waals surface area (Å²) in [6.07, 6.45) is 4.08. The molecule has 0 radical (unpaired) electrons. The molecule has 0 unspecified atom stereocenters. The summed E-state index contributed by atoms with van der Waals surface area (Å²) >= 11 is 0. The van der Waals surface area contributed by atoms with Crippen LogP contribution in [0, 0.1) is 0 Å². The lowest BCUT2D eigenvalue weighted by Gasteiger charge is -1.93. The van der Waals surface area contributed by atoms with Crippen LogP contribution in [0.1, 0.15) is 26.2 Å². The van der Waals surface area contributed by atoms with E-state index in [0.717, 1.165) is 10.4 Å². The summed E-state index contributed by atoms with van der Waals surface area (Å²) < 4.78 is 0. The number of rotatable bonds is 4. The first-order valence-electron chi connectivity index (χ1n) is 3.06. The van der Waals surface area contributed by atoms with Crippen LogP contribution in [-0.2, 0) is 0 Å². The molecule has 0 aliphatic rings. The lowest BCUT2D eigenvalue weighted by molar-refractivity contribution is 0.705. The van der Waals surface area contributed by atoms with E-state index >= 15 is 0 Å². The Kier molecular flexibility index (Phi) is 6.33. The fourth-order valence-electron chi connectivity index (χ4n) is 0.552. The van der Waals surface area contributed by atoms with E-state index in [2.05, 4.69) is 11.9 Å². The van der Waals surface area contributed by atoms with Crippen LogP contribution in [0.4, 0.5) is 0 Å². The molecule has 0 spiro atoms. The van der Waals surface area contributed by atoms with Gasteiger partial charge in [-0.15, -0.1) is 0 Å². The van der Waals surface area contributed by atoms with Gasteiger partial charge in [0.25, 0.3) is 0 Å². The number of unbranched alkanes of at least 4 members (excludes halogenated alkanes) is 2. The van der Waals surface area contributed by atoms with Gasteiger partial charge in [-0.1, -0.05) is 19.8 Å². The van der Waals surface area contributed by atoms with Crippen molar-refractivity contribution in [3.05, 3.63) is 0 Å². The molecule has 0 heterocycles. The van der Waals surface area contributed by atoms with Gasteiger partial charge in [0.1, 0.15) is 0 Å². The van der Waals surface area contributed by atoms with Crippen molar-refractivity contribution in [3.63, 3.8) is 0 Å². The highest BCUT2D eigenvalue weighted by Gasteiger charge is 1.78. The van der Waals surface area contributed by atoms with Crippen molar-refractivity contribution >= 4 is 10.4 Å². The maximum atomic E-state index is 3.24. The van der Waals surface area contributed by atoms with Crippen molar-refractivity contribution in [2.45, 2.75) is 26.2 Å². The van der Waals surface area contributed by atoms with Gasteiger partial charge in [0.05, 0.1) is 10.4 Å². The van der Waals surface area contributed by atoms with Crippen molar-refractivity contribution in [2.24, 2.45) is 0 Å². The van der Waals surface area contributed by atoms with Gasteiger partial charge in [-0.3, -0.25) is 0 Å². The van der Waals surface area contributed by atoms with Gasteiger partial charge in [-0.25, -0.2) is 0 Å². The van der Waals surface area contributed by atoms with E-state index in [4.69, 9.17) is 0 Å². The quantitative estimate of drug-likeness (QED) is 0.405. The Bertz CT molecular complexity index is 27.3. The number of nitrogens with one attached hydrogen (secondary N) is 1. The number of hydrogen-bond donors (Lipinski definition) is 1. The second-order valence-corrected chi connectivity index (χ2v) is 2.52. The Hall–Kier alpha value is 0.177. The average molecular weight is 117 g/mol. The lowest BCUT2D eigenvalue weighted by atomic mass is 10.3. The van der Waals surface area contributed by atoms with Crippen molar-refractivity contribution in [2.75, 3.05) is 6.54 Å². The van der Waals surface area contributed by atoms with E-state index in [1.807, 2.05) is 0 Å². The molecule has 0 saturated heterocycles. The molecule has 0 saturated carbocycles. The summed E-state index contributed by atoms with van der Waals surface area (Å²) in [6, 6.07) is 0. The first kappa shape index (κ1) is 7.18. The maximum absolute atomic E-state index is 3.24. The van der Waals surface area contributed by atoms with E-state index in [0.29, 0.717) is 0 Å². The third kappa shape index (κ3) is 6.18. The smallest absolute Gasteiger partial charge is 0.0749 e. The van der Waals surface area contributed by atoms with E-state index in [1.54, 1.807) is 0 Å².